The average molecular weight is 288 g/mol. The summed E-state index contributed by atoms with van der Waals surface area (Å²) in [5, 5.41) is 8.76. The second-order valence-electron chi connectivity index (χ2n) is 3.44. The van der Waals surface area contributed by atoms with Crippen molar-refractivity contribution in [1.82, 2.24) is 0 Å². The van der Waals surface area contributed by atoms with Crippen molar-refractivity contribution >= 4 is 37.8 Å². The summed E-state index contributed by atoms with van der Waals surface area (Å²) < 4.78 is -0.290. The third kappa shape index (κ3) is 4.80. The Kier molecular flexibility index (Phi) is 3.57. The van der Waals surface area contributed by atoms with Crippen molar-refractivity contribution in [1.29, 1.82) is 0 Å². The lowest BCUT2D eigenvalue weighted by atomic mass is 9.88. The van der Waals surface area contributed by atoms with Crippen LogP contribution in [0, 0.1) is 5.41 Å². The Labute approximate surface area is 83.6 Å². The Hall–Kier alpha value is 0.430. The maximum Gasteiger partial charge on any atom is 0.309 e. The molecule has 0 spiro atoms. The van der Waals surface area contributed by atoms with Crippen LogP contribution in [0.2, 0.25) is 0 Å². The van der Waals surface area contributed by atoms with Gasteiger partial charge in [-0.25, -0.2) is 0 Å². The number of carbonyl (C=O) groups is 1. The Balaban J connectivity index is 4.25. The zero-order chi connectivity index (χ0) is 9.28. The van der Waals surface area contributed by atoms with E-state index < -0.39 is 11.4 Å². The molecular formula is C7H12Br2O2. The van der Waals surface area contributed by atoms with E-state index in [4.69, 9.17) is 5.11 Å². The average Bonchev–Trinajstić information content (AvgIpc) is 1.56. The van der Waals surface area contributed by atoms with Crippen molar-refractivity contribution in [2.45, 2.75) is 30.4 Å². The molecule has 0 aliphatic heterocycles. The molecule has 66 valence electrons. The topological polar surface area (TPSA) is 37.3 Å². The highest BCUT2D eigenvalue weighted by atomic mass is 79.9. The fraction of sp³-hybridized carbons (Fsp3) is 0.857. The van der Waals surface area contributed by atoms with E-state index in [1.54, 1.807) is 13.8 Å². The summed E-state index contributed by atoms with van der Waals surface area (Å²) in [6.07, 6.45) is 0.537. The molecule has 0 heterocycles. The van der Waals surface area contributed by atoms with Crippen LogP contribution in [-0.4, -0.2) is 14.3 Å². The second kappa shape index (κ2) is 3.44. The monoisotopic (exact) mass is 286 g/mol. The molecule has 0 atom stereocenters. The van der Waals surface area contributed by atoms with E-state index in [-0.39, 0.29) is 3.23 Å². The first-order valence-electron chi connectivity index (χ1n) is 3.26. The largest absolute Gasteiger partial charge is 0.481 e. The highest BCUT2D eigenvalue weighted by molar-refractivity contribution is 9.25. The molecule has 11 heavy (non-hydrogen) atoms. The summed E-state index contributed by atoms with van der Waals surface area (Å²) >= 11 is 6.67. The number of hydrogen-bond acceptors (Lipinski definition) is 1. The molecule has 0 saturated carbocycles. The van der Waals surface area contributed by atoms with Crippen molar-refractivity contribution in [2.75, 3.05) is 0 Å². The van der Waals surface area contributed by atoms with Crippen LogP contribution in [0.5, 0.6) is 0 Å². The maximum absolute atomic E-state index is 10.7. The first-order chi connectivity index (χ1) is 4.65. The van der Waals surface area contributed by atoms with Crippen molar-refractivity contribution in [3.8, 4) is 0 Å². The minimum Gasteiger partial charge on any atom is -0.481 e. The number of alkyl halides is 2. The van der Waals surface area contributed by atoms with E-state index in [0.29, 0.717) is 6.42 Å². The second-order valence-corrected chi connectivity index (χ2v) is 8.00. The van der Waals surface area contributed by atoms with Gasteiger partial charge in [0.05, 0.1) is 8.65 Å². The van der Waals surface area contributed by atoms with Gasteiger partial charge in [0.2, 0.25) is 0 Å². The highest BCUT2D eigenvalue weighted by Crippen LogP contribution is 2.38. The van der Waals surface area contributed by atoms with Gasteiger partial charge in [0.15, 0.2) is 0 Å². The van der Waals surface area contributed by atoms with Gasteiger partial charge in [-0.3, -0.25) is 4.79 Å². The summed E-state index contributed by atoms with van der Waals surface area (Å²) in [7, 11) is 0. The molecule has 0 bridgehead atoms. The summed E-state index contributed by atoms with van der Waals surface area (Å²) in [6.45, 7) is 5.30. The van der Waals surface area contributed by atoms with Gasteiger partial charge in [-0.2, -0.15) is 0 Å². The van der Waals surface area contributed by atoms with Gasteiger partial charge < -0.3 is 5.11 Å². The molecular weight excluding hydrogens is 276 g/mol. The predicted octanol–water partition coefficient (Wildman–Crippen LogP) is 2.99. The van der Waals surface area contributed by atoms with E-state index in [9.17, 15) is 4.79 Å². The SMILES string of the molecule is CC(Br)(Br)CC(C)(C)C(=O)O. The smallest absolute Gasteiger partial charge is 0.309 e. The number of hydrogen-bond donors (Lipinski definition) is 1. The van der Waals surface area contributed by atoms with E-state index in [2.05, 4.69) is 31.9 Å². The number of carboxylic acid groups (broad SMARTS) is 1. The van der Waals surface area contributed by atoms with Crippen LogP contribution in [-0.2, 0) is 4.79 Å². The molecule has 0 aromatic heterocycles. The fourth-order valence-electron chi connectivity index (χ4n) is 0.852. The summed E-state index contributed by atoms with van der Waals surface area (Å²) in [5.41, 5.74) is -0.693. The molecule has 0 rings (SSSR count). The molecule has 0 aliphatic carbocycles. The van der Waals surface area contributed by atoms with E-state index in [1.165, 1.54) is 0 Å². The van der Waals surface area contributed by atoms with Crippen molar-refractivity contribution < 1.29 is 9.90 Å². The molecule has 0 aromatic rings. The summed E-state index contributed by atoms with van der Waals surface area (Å²) in [6, 6.07) is 0. The van der Waals surface area contributed by atoms with Crippen LogP contribution in [0.3, 0.4) is 0 Å². The highest BCUT2D eigenvalue weighted by Gasteiger charge is 2.34. The quantitative estimate of drug-likeness (QED) is 0.810. The Bertz CT molecular complexity index is 158. The normalized spacial score (nSPS) is 13.2. The standard InChI is InChI=1S/C7H12Br2O2/c1-6(2,5(10)11)4-7(3,8)9/h4H2,1-3H3,(H,10,11). The molecule has 0 unspecified atom stereocenters. The van der Waals surface area contributed by atoms with E-state index in [0.717, 1.165) is 0 Å². The first-order valence-corrected chi connectivity index (χ1v) is 4.85. The van der Waals surface area contributed by atoms with Crippen molar-refractivity contribution in [2.24, 2.45) is 5.41 Å². The Morgan fingerprint density at radius 1 is 1.36 bits per heavy atom. The lowest BCUT2D eigenvalue weighted by Gasteiger charge is -2.25. The van der Waals surface area contributed by atoms with Crippen molar-refractivity contribution in [3.05, 3.63) is 0 Å². The number of rotatable bonds is 3. The Morgan fingerprint density at radius 2 is 1.73 bits per heavy atom. The zero-order valence-electron chi connectivity index (χ0n) is 6.82. The minimum atomic E-state index is -0.775. The van der Waals surface area contributed by atoms with Crippen LogP contribution in [0.15, 0.2) is 0 Å². The van der Waals surface area contributed by atoms with Gasteiger partial charge in [0.1, 0.15) is 0 Å². The molecule has 4 heteroatoms. The zero-order valence-corrected chi connectivity index (χ0v) is 9.99. The lowest BCUT2D eigenvalue weighted by Crippen LogP contribution is -2.29. The van der Waals surface area contributed by atoms with Crippen LogP contribution in [0.4, 0.5) is 0 Å². The molecule has 0 aromatic carbocycles. The van der Waals surface area contributed by atoms with Crippen LogP contribution < -0.4 is 0 Å². The van der Waals surface area contributed by atoms with Gasteiger partial charge in [-0.1, -0.05) is 31.9 Å². The van der Waals surface area contributed by atoms with E-state index >= 15 is 0 Å². The van der Waals surface area contributed by atoms with Crippen LogP contribution in [0.25, 0.3) is 0 Å². The molecule has 1 N–H and O–H groups in total. The molecule has 0 saturated heterocycles. The molecule has 0 radical (unpaired) electrons. The van der Waals surface area contributed by atoms with Crippen LogP contribution >= 0.6 is 31.9 Å². The molecule has 0 fully saturated rings. The van der Waals surface area contributed by atoms with Gasteiger partial charge in [-0.15, -0.1) is 0 Å². The number of halogens is 2. The number of aliphatic carboxylic acids is 1. The summed E-state index contributed by atoms with van der Waals surface area (Å²) in [4.78, 5) is 10.7. The van der Waals surface area contributed by atoms with Gasteiger partial charge in [-0.05, 0) is 27.2 Å². The first kappa shape index (κ1) is 11.4. The van der Waals surface area contributed by atoms with Gasteiger partial charge >= 0.3 is 5.97 Å². The van der Waals surface area contributed by atoms with Crippen molar-refractivity contribution in [3.63, 3.8) is 0 Å². The maximum atomic E-state index is 10.7. The summed E-state index contributed by atoms with van der Waals surface area (Å²) in [5.74, 6) is -0.775. The minimum absolute atomic E-state index is 0.290. The molecule has 2 nitrogen and oxygen atoms in total. The molecule has 0 aliphatic rings. The third-order valence-electron chi connectivity index (χ3n) is 1.33. The number of carboxylic acids is 1. The molecule has 0 amide bonds. The van der Waals surface area contributed by atoms with E-state index in [1.807, 2.05) is 6.92 Å². The Morgan fingerprint density at radius 3 is 1.82 bits per heavy atom. The lowest BCUT2D eigenvalue weighted by molar-refractivity contribution is -0.147. The third-order valence-corrected chi connectivity index (χ3v) is 1.89. The predicted molar refractivity (Wildman–Crippen MR) is 52.3 cm³/mol. The van der Waals surface area contributed by atoms with Gasteiger partial charge in [0, 0.05) is 0 Å². The van der Waals surface area contributed by atoms with Crippen LogP contribution in [0.1, 0.15) is 27.2 Å². The van der Waals surface area contributed by atoms with Gasteiger partial charge in [0.25, 0.3) is 0 Å². The fourth-order valence-corrected chi connectivity index (χ4v) is 2.25.